The maximum Gasteiger partial charge on any atom is 0.194 e. The Morgan fingerprint density at radius 3 is 2.62 bits per heavy atom. The Bertz CT molecular complexity index is 715. The molecule has 6 heteroatoms. The number of nitrogens with one attached hydrogen (secondary N) is 1. The normalized spacial score (nSPS) is 23.4. The first-order valence-electron chi connectivity index (χ1n) is 7.01. The van der Waals surface area contributed by atoms with Gasteiger partial charge < -0.3 is 5.32 Å². The summed E-state index contributed by atoms with van der Waals surface area (Å²) in [5.74, 6) is -3.77. The standard InChI is InChI=1S/C15H14F3N3/c1-21-15(7-4-10(16)13(18)11(17)5-7)9-6-8-2-3-12(19-8)14(9)20-21/h4-5,8,12,19H,2-3,6H2,1H3/t8-,12+/m0/s1. The zero-order chi connectivity index (χ0) is 14.7. The largest absolute Gasteiger partial charge is 0.305 e. The van der Waals surface area contributed by atoms with Gasteiger partial charge in [-0.3, -0.25) is 4.68 Å². The van der Waals surface area contributed by atoms with E-state index in [4.69, 9.17) is 0 Å². The quantitative estimate of drug-likeness (QED) is 0.819. The number of rotatable bonds is 1. The van der Waals surface area contributed by atoms with Crippen LogP contribution in [0.4, 0.5) is 13.2 Å². The molecule has 1 saturated heterocycles. The van der Waals surface area contributed by atoms with Crippen LogP contribution in [0, 0.1) is 17.5 Å². The van der Waals surface area contributed by atoms with E-state index in [0.717, 1.165) is 42.7 Å². The number of aryl methyl sites for hydroxylation is 1. The molecule has 110 valence electrons. The van der Waals surface area contributed by atoms with Crippen LogP contribution in [0.5, 0.6) is 0 Å². The smallest absolute Gasteiger partial charge is 0.194 e. The van der Waals surface area contributed by atoms with Crippen molar-refractivity contribution < 1.29 is 13.2 Å². The van der Waals surface area contributed by atoms with Gasteiger partial charge in [0.15, 0.2) is 17.5 Å². The minimum absolute atomic E-state index is 0.217. The second-order valence-electron chi connectivity index (χ2n) is 5.79. The third-order valence-electron chi connectivity index (χ3n) is 4.45. The average molecular weight is 293 g/mol. The monoisotopic (exact) mass is 293 g/mol. The van der Waals surface area contributed by atoms with E-state index in [0.29, 0.717) is 17.3 Å². The molecule has 0 unspecified atom stereocenters. The second-order valence-corrected chi connectivity index (χ2v) is 5.79. The summed E-state index contributed by atoms with van der Waals surface area (Å²) >= 11 is 0. The summed E-state index contributed by atoms with van der Waals surface area (Å²) in [6.45, 7) is 0. The molecule has 21 heavy (non-hydrogen) atoms. The van der Waals surface area contributed by atoms with Gasteiger partial charge in [0.1, 0.15) is 0 Å². The predicted octanol–water partition coefficient (Wildman–Crippen LogP) is 2.85. The first-order chi connectivity index (χ1) is 10.0. The van der Waals surface area contributed by atoms with Crippen molar-refractivity contribution in [2.24, 2.45) is 7.05 Å². The van der Waals surface area contributed by atoms with E-state index in [2.05, 4.69) is 10.4 Å². The number of fused-ring (bicyclic) bond motifs is 4. The van der Waals surface area contributed by atoms with Gasteiger partial charge in [0, 0.05) is 24.2 Å². The molecule has 3 nitrogen and oxygen atoms in total. The molecule has 0 aliphatic carbocycles. The van der Waals surface area contributed by atoms with Gasteiger partial charge in [-0.05, 0) is 31.4 Å². The minimum Gasteiger partial charge on any atom is -0.305 e. The Labute approximate surface area is 119 Å². The molecule has 2 aromatic rings. The molecule has 1 aromatic carbocycles. The summed E-state index contributed by atoms with van der Waals surface area (Å²) in [6.07, 6.45) is 2.90. The fraction of sp³-hybridized carbons (Fsp3) is 0.400. The molecule has 2 atom stereocenters. The molecule has 3 heterocycles. The molecule has 0 radical (unpaired) electrons. The lowest BCUT2D eigenvalue weighted by Gasteiger charge is -2.21. The SMILES string of the molecule is Cn1nc2c(c1-c1cc(F)c(F)c(F)c1)C[C@@H]1CC[C@H]2N1. The summed E-state index contributed by atoms with van der Waals surface area (Å²) in [4.78, 5) is 0. The molecule has 1 aromatic heterocycles. The summed E-state index contributed by atoms with van der Waals surface area (Å²) < 4.78 is 41.8. The Balaban J connectivity index is 1.90. The lowest BCUT2D eigenvalue weighted by atomic mass is 9.96. The summed E-state index contributed by atoms with van der Waals surface area (Å²) in [6, 6.07) is 2.69. The van der Waals surface area contributed by atoms with Gasteiger partial charge in [0.2, 0.25) is 0 Å². The summed E-state index contributed by atoms with van der Waals surface area (Å²) in [5, 5.41) is 7.99. The van der Waals surface area contributed by atoms with Crippen LogP contribution in [0.1, 0.15) is 30.1 Å². The maximum absolute atomic E-state index is 13.5. The molecule has 0 amide bonds. The van der Waals surface area contributed by atoms with Crippen LogP contribution in [0.2, 0.25) is 0 Å². The Morgan fingerprint density at radius 1 is 1.19 bits per heavy atom. The number of nitrogens with zero attached hydrogens (tertiary/aromatic N) is 2. The first kappa shape index (κ1) is 12.9. The predicted molar refractivity (Wildman–Crippen MR) is 71.1 cm³/mol. The van der Waals surface area contributed by atoms with E-state index >= 15 is 0 Å². The van der Waals surface area contributed by atoms with Crippen molar-refractivity contribution in [1.82, 2.24) is 15.1 Å². The number of hydrogen-bond donors (Lipinski definition) is 1. The average Bonchev–Trinajstić information content (AvgIpc) is 2.98. The topological polar surface area (TPSA) is 29.9 Å². The molecule has 2 aliphatic rings. The highest BCUT2D eigenvalue weighted by Gasteiger charge is 2.36. The van der Waals surface area contributed by atoms with Crippen molar-refractivity contribution in [3.8, 4) is 11.3 Å². The number of benzene rings is 1. The minimum atomic E-state index is -1.43. The molecule has 0 saturated carbocycles. The molecule has 2 aliphatic heterocycles. The van der Waals surface area contributed by atoms with Crippen LogP contribution < -0.4 is 5.32 Å². The Hall–Kier alpha value is -1.82. The third kappa shape index (κ3) is 1.82. The van der Waals surface area contributed by atoms with Gasteiger partial charge in [0.05, 0.1) is 17.4 Å². The van der Waals surface area contributed by atoms with Crippen LogP contribution in [-0.2, 0) is 13.5 Å². The second kappa shape index (κ2) is 4.34. The highest BCUT2D eigenvalue weighted by atomic mass is 19.2. The van der Waals surface area contributed by atoms with Crippen LogP contribution >= 0.6 is 0 Å². The van der Waals surface area contributed by atoms with Crippen molar-refractivity contribution in [3.05, 3.63) is 40.8 Å². The van der Waals surface area contributed by atoms with Crippen LogP contribution in [0.15, 0.2) is 12.1 Å². The summed E-state index contributed by atoms with van der Waals surface area (Å²) in [7, 11) is 1.75. The molecular formula is C15H14F3N3. The van der Waals surface area contributed by atoms with Crippen LogP contribution in [0.25, 0.3) is 11.3 Å². The molecule has 0 spiro atoms. The highest BCUT2D eigenvalue weighted by molar-refractivity contribution is 5.66. The van der Waals surface area contributed by atoms with E-state index in [1.807, 2.05) is 0 Å². The van der Waals surface area contributed by atoms with E-state index in [1.54, 1.807) is 11.7 Å². The molecule has 2 bridgehead atoms. The van der Waals surface area contributed by atoms with Gasteiger partial charge in [0.25, 0.3) is 0 Å². The fourth-order valence-corrected chi connectivity index (χ4v) is 3.57. The highest BCUT2D eigenvalue weighted by Crippen LogP contribution is 2.40. The third-order valence-corrected chi connectivity index (χ3v) is 4.45. The van der Waals surface area contributed by atoms with Gasteiger partial charge >= 0.3 is 0 Å². The number of hydrogen-bond acceptors (Lipinski definition) is 2. The van der Waals surface area contributed by atoms with E-state index in [9.17, 15) is 13.2 Å². The molecule has 1 N–H and O–H groups in total. The van der Waals surface area contributed by atoms with Crippen LogP contribution in [0.3, 0.4) is 0 Å². The van der Waals surface area contributed by atoms with Crippen molar-refractivity contribution in [1.29, 1.82) is 0 Å². The lowest BCUT2D eigenvalue weighted by molar-refractivity contribution is 0.447. The molecular weight excluding hydrogens is 279 g/mol. The first-order valence-corrected chi connectivity index (χ1v) is 7.01. The van der Waals surface area contributed by atoms with E-state index in [-0.39, 0.29) is 6.04 Å². The van der Waals surface area contributed by atoms with Gasteiger partial charge in [-0.1, -0.05) is 0 Å². The molecule has 4 rings (SSSR count). The van der Waals surface area contributed by atoms with Crippen molar-refractivity contribution in [2.75, 3.05) is 0 Å². The molecule has 1 fully saturated rings. The zero-order valence-electron chi connectivity index (χ0n) is 11.5. The van der Waals surface area contributed by atoms with Gasteiger partial charge in [-0.15, -0.1) is 0 Å². The maximum atomic E-state index is 13.5. The van der Waals surface area contributed by atoms with E-state index < -0.39 is 17.5 Å². The Kier molecular flexibility index (Phi) is 2.66. The summed E-state index contributed by atoms with van der Waals surface area (Å²) in [5.41, 5.74) is 2.99. The Morgan fingerprint density at radius 2 is 1.90 bits per heavy atom. The number of halogens is 3. The fourth-order valence-electron chi connectivity index (χ4n) is 3.57. The van der Waals surface area contributed by atoms with Crippen LogP contribution in [-0.4, -0.2) is 15.8 Å². The van der Waals surface area contributed by atoms with Gasteiger partial charge in [-0.25, -0.2) is 13.2 Å². The number of aromatic nitrogens is 2. The van der Waals surface area contributed by atoms with E-state index in [1.165, 1.54) is 0 Å². The van der Waals surface area contributed by atoms with Crippen molar-refractivity contribution >= 4 is 0 Å². The van der Waals surface area contributed by atoms with Gasteiger partial charge in [-0.2, -0.15) is 5.10 Å². The lowest BCUT2D eigenvalue weighted by Crippen LogP contribution is -2.31. The van der Waals surface area contributed by atoms with Crippen molar-refractivity contribution in [2.45, 2.75) is 31.3 Å². The van der Waals surface area contributed by atoms with Crippen molar-refractivity contribution in [3.63, 3.8) is 0 Å². The zero-order valence-corrected chi connectivity index (χ0v) is 11.5.